The molecular weight excluding hydrogens is 334 g/mol. The minimum atomic E-state index is 0.201. The number of anilines is 2. The van der Waals surface area contributed by atoms with Crippen LogP contribution in [-0.4, -0.2) is 29.3 Å². The van der Waals surface area contributed by atoms with Gasteiger partial charge < -0.3 is 14.8 Å². The molecule has 1 saturated heterocycles. The van der Waals surface area contributed by atoms with Gasteiger partial charge in [-0.3, -0.25) is 0 Å². The van der Waals surface area contributed by atoms with Crippen LogP contribution in [0.25, 0.3) is 10.2 Å². The van der Waals surface area contributed by atoms with E-state index in [-0.39, 0.29) is 6.10 Å². The van der Waals surface area contributed by atoms with E-state index in [9.17, 15) is 0 Å². The summed E-state index contributed by atoms with van der Waals surface area (Å²) in [6, 6.07) is 8.03. The van der Waals surface area contributed by atoms with Crippen molar-refractivity contribution in [3.63, 3.8) is 0 Å². The molecule has 0 bridgehead atoms. The van der Waals surface area contributed by atoms with Gasteiger partial charge in [-0.15, -0.1) is 11.3 Å². The summed E-state index contributed by atoms with van der Waals surface area (Å²) >= 11 is 1.70. The Bertz CT molecular complexity index is 888. The van der Waals surface area contributed by atoms with Gasteiger partial charge in [-0.1, -0.05) is 12.1 Å². The first-order valence-electron chi connectivity index (χ1n) is 8.53. The molecule has 1 aliphatic heterocycles. The normalized spacial score (nSPS) is 15.4. The zero-order chi connectivity index (χ0) is 17.2. The van der Waals surface area contributed by atoms with Crippen molar-refractivity contribution in [1.29, 1.82) is 0 Å². The number of hydrogen-bond acceptors (Lipinski definition) is 6. The minimum Gasteiger partial charge on any atom is -0.488 e. The van der Waals surface area contributed by atoms with Crippen molar-refractivity contribution in [2.75, 3.05) is 18.5 Å². The molecule has 0 atom stereocenters. The smallest absolute Gasteiger partial charge is 0.143 e. The number of fused-ring (bicyclic) bond motifs is 1. The second kappa shape index (κ2) is 6.98. The monoisotopic (exact) mass is 355 g/mol. The lowest BCUT2D eigenvalue weighted by Gasteiger charge is -2.24. The van der Waals surface area contributed by atoms with Gasteiger partial charge in [-0.25, -0.2) is 9.97 Å². The zero-order valence-corrected chi connectivity index (χ0v) is 15.2. The maximum Gasteiger partial charge on any atom is 0.143 e. The van der Waals surface area contributed by atoms with Crippen molar-refractivity contribution < 1.29 is 9.47 Å². The second-order valence-corrected chi connectivity index (χ2v) is 7.44. The van der Waals surface area contributed by atoms with E-state index < -0.39 is 0 Å². The van der Waals surface area contributed by atoms with Crippen molar-refractivity contribution in [1.82, 2.24) is 9.97 Å². The highest BCUT2D eigenvalue weighted by atomic mass is 32.1. The van der Waals surface area contributed by atoms with Gasteiger partial charge in [0.2, 0.25) is 0 Å². The Balaban J connectivity index is 1.65. The van der Waals surface area contributed by atoms with Gasteiger partial charge >= 0.3 is 0 Å². The first-order valence-corrected chi connectivity index (χ1v) is 9.35. The largest absolute Gasteiger partial charge is 0.488 e. The molecule has 0 amide bonds. The van der Waals surface area contributed by atoms with Crippen LogP contribution in [0.4, 0.5) is 11.5 Å². The van der Waals surface area contributed by atoms with Crippen molar-refractivity contribution in [3.05, 3.63) is 41.0 Å². The standard InChI is InChI=1S/C19H21N3O2S/c1-12-13(2)25-19-17(12)18(20-11-21-19)22-15-5-3-4-6-16(15)24-14-7-9-23-10-8-14/h3-6,11,14H,7-10H2,1-2H3,(H,20,21,22). The third-order valence-electron chi connectivity index (χ3n) is 4.57. The first kappa shape index (κ1) is 16.3. The van der Waals surface area contributed by atoms with Gasteiger partial charge in [0.25, 0.3) is 0 Å². The lowest BCUT2D eigenvalue weighted by molar-refractivity contribution is 0.0258. The molecule has 0 aliphatic carbocycles. The number of para-hydroxylation sites is 2. The summed E-state index contributed by atoms with van der Waals surface area (Å²) in [7, 11) is 0. The topological polar surface area (TPSA) is 56.3 Å². The van der Waals surface area contributed by atoms with Crippen LogP contribution >= 0.6 is 11.3 Å². The van der Waals surface area contributed by atoms with Gasteiger partial charge in [0, 0.05) is 17.7 Å². The first-order chi connectivity index (χ1) is 12.2. The number of benzene rings is 1. The molecule has 1 fully saturated rings. The van der Waals surface area contributed by atoms with E-state index in [2.05, 4.69) is 29.1 Å². The number of hydrogen-bond donors (Lipinski definition) is 1. The Labute approximate surface area is 151 Å². The van der Waals surface area contributed by atoms with Crippen LogP contribution < -0.4 is 10.1 Å². The van der Waals surface area contributed by atoms with E-state index in [1.54, 1.807) is 17.7 Å². The SMILES string of the molecule is Cc1sc2ncnc(Nc3ccccc3OC3CCOCC3)c2c1C. The van der Waals surface area contributed by atoms with Gasteiger partial charge in [0.1, 0.15) is 28.8 Å². The number of nitrogens with zero attached hydrogens (tertiary/aromatic N) is 2. The molecule has 3 aromatic rings. The molecule has 0 unspecified atom stereocenters. The van der Waals surface area contributed by atoms with Gasteiger partial charge in [0.15, 0.2) is 0 Å². The van der Waals surface area contributed by atoms with Crippen LogP contribution in [0.2, 0.25) is 0 Å². The third kappa shape index (κ3) is 3.32. The van der Waals surface area contributed by atoms with Gasteiger partial charge in [0.05, 0.1) is 24.3 Å². The molecule has 3 heterocycles. The number of rotatable bonds is 4. The highest BCUT2D eigenvalue weighted by molar-refractivity contribution is 7.18. The Kier molecular flexibility index (Phi) is 4.55. The van der Waals surface area contributed by atoms with Crippen molar-refractivity contribution in [3.8, 4) is 5.75 Å². The predicted molar refractivity (Wildman–Crippen MR) is 101 cm³/mol. The van der Waals surface area contributed by atoms with Crippen LogP contribution in [0.1, 0.15) is 23.3 Å². The van der Waals surface area contributed by atoms with E-state index in [0.29, 0.717) is 0 Å². The molecule has 1 aliphatic rings. The molecule has 1 N–H and O–H groups in total. The zero-order valence-electron chi connectivity index (χ0n) is 14.4. The van der Waals surface area contributed by atoms with E-state index in [1.165, 1.54) is 10.4 Å². The lowest BCUT2D eigenvalue weighted by Crippen LogP contribution is -2.26. The lowest BCUT2D eigenvalue weighted by atomic mass is 10.1. The van der Waals surface area contributed by atoms with E-state index in [0.717, 1.165) is 53.5 Å². The van der Waals surface area contributed by atoms with Crippen molar-refractivity contribution >= 4 is 33.1 Å². The molecule has 6 heteroatoms. The van der Waals surface area contributed by atoms with Crippen LogP contribution in [0.3, 0.4) is 0 Å². The summed E-state index contributed by atoms with van der Waals surface area (Å²) in [5.41, 5.74) is 2.16. The summed E-state index contributed by atoms with van der Waals surface area (Å²) in [5.74, 6) is 1.68. The maximum absolute atomic E-state index is 6.22. The molecular formula is C19H21N3O2S. The Morgan fingerprint density at radius 1 is 1.16 bits per heavy atom. The van der Waals surface area contributed by atoms with Crippen LogP contribution in [0, 0.1) is 13.8 Å². The number of thiophene rings is 1. The Hall–Kier alpha value is -2.18. The molecule has 1 aromatic carbocycles. The summed E-state index contributed by atoms with van der Waals surface area (Å²) in [6.07, 6.45) is 3.67. The molecule has 4 rings (SSSR count). The highest BCUT2D eigenvalue weighted by Crippen LogP contribution is 2.36. The van der Waals surface area contributed by atoms with E-state index in [1.807, 2.05) is 24.3 Å². The fourth-order valence-corrected chi connectivity index (χ4v) is 4.05. The number of aryl methyl sites for hydroxylation is 2. The molecule has 130 valence electrons. The fraction of sp³-hybridized carbons (Fsp3) is 0.368. The molecule has 25 heavy (non-hydrogen) atoms. The molecule has 2 aromatic heterocycles. The number of aromatic nitrogens is 2. The van der Waals surface area contributed by atoms with Crippen molar-refractivity contribution in [2.24, 2.45) is 0 Å². The second-order valence-electron chi connectivity index (χ2n) is 6.24. The summed E-state index contributed by atoms with van der Waals surface area (Å²) < 4.78 is 11.6. The summed E-state index contributed by atoms with van der Waals surface area (Å²) in [6.45, 7) is 5.77. The van der Waals surface area contributed by atoms with Gasteiger partial charge in [-0.2, -0.15) is 0 Å². The summed E-state index contributed by atoms with van der Waals surface area (Å²) in [4.78, 5) is 11.2. The Morgan fingerprint density at radius 2 is 1.96 bits per heavy atom. The average molecular weight is 355 g/mol. The third-order valence-corrected chi connectivity index (χ3v) is 5.68. The molecule has 0 spiro atoms. The predicted octanol–water partition coefficient (Wildman–Crippen LogP) is 4.61. The minimum absolute atomic E-state index is 0.201. The number of ether oxygens (including phenoxy) is 2. The van der Waals surface area contributed by atoms with E-state index in [4.69, 9.17) is 9.47 Å². The van der Waals surface area contributed by atoms with Crippen LogP contribution in [0.15, 0.2) is 30.6 Å². The van der Waals surface area contributed by atoms with Gasteiger partial charge in [-0.05, 0) is 31.5 Å². The Morgan fingerprint density at radius 3 is 2.80 bits per heavy atom. The maximum atomic E-state index is 6.22. The van der Waals surface area contributed by atoms with Crippen molar-refractivity contribution in [2.45, 2.75) is 32.8 Å². The fourth-order valence-electron chi connectivity index (χ4n) is 3.05. The van der Waals surface area contributed by atoms with Crippen LogP contribution in [-0.2, 0) is 4.74 Å². The summed E-state index contributed by atoms with van der Waals surface area (Å²) in [5, 5.41) is 4.55. The molecule has 0 saturated carbocycles. The molecule has 0 radical (unpaired) electrons. The van der Waals surface area contributed by atoms with E-state index >= 15 is 0 Å². The molecule has 5 nitrogen and oxygen atoms in total. The highest BCUT2D eigenvalue weighted by Gasteiger charge is 2.18. The quantitative estimate of drug-likeness (QED) is 0.741. The number of nitrogens with one attached hydrogen (secondary N) is 1. The average Bonchev–Trinajstić information content (AvgIpc) is 2.93. The van der Waals surface area contributed by atoms with Crippen LogP contribution in [0.5, 0.6) is 5.75 Å².